The summed E-state index contributed by atoms with van der Waals surface area (Å²) in [4.78, 5) is 19.2. The van der Waals surface area contributed by atoms with Crippen molar-refractivity contribution in [1.82, 2.24) is 4.90 Å². The Balaban J connectivity index is 1.56. The van der Waals surface area contributed by atoms with Crippen molar-refractivity contribution in [3.63, 3.8) is 0 Å². The van der Waals surface area contributed by atoms with Gasteiger partial charge in [-0.1, -0.05) is 40.2 Å². The highest BCUT2D eigenvalue weighted by Crippen LogP contribution is 2.32. The second-order valence-corrected chi connectivity index (χ2v) is 7.80. The molecule has 2 aliphatic heterocycles. The van der Waals surface area contributed by atoms with Crippen molar-refractivity contribution in [3.05, 3.63) is 58.1 Å². The lowest BCUT2D eigenvalue weighted by Gasteiger charge is -2.21. The van der Waals surface area contributed by atoms with Crippen LogP contribution in [0.15, 0.2) is 51.9 Å². The molecule has 0 saturated carbocycles. The molecule has 2 aromatic rings. The third-order valence-corrected chi connectivity index (χ3v) is 5.61. The first kappa shape index (κ1) is 17.9. The van der Waals surface area contributed by atoms with Gasteiger partial charge in [-0.2, -0.15) is 5.26 Å². The first-order valence-electron chi connectivity index (χ1n) is 8.77. The monoisotopic (exact) mass is 423 g/mol. The maximum atomic E-state index is 12.8. The summed E-state index contributed by atoms with van der Waals surface area (Å²) in [7, 11) is 0. The molecular formula is C21H18BrN3O2. The predicted octanol–water partition coefficient (Wildman–Crippen LogP) is 3.91. The SMILES string of the molecule is CC1=NC2(CCOC2)C(=O)N1Cc1ccc(-c2cc(Br)ccc2C#N)cc1. The molecule has 4 rings (SSSR count). The Labute approximate surface area is 166 Å². The number of rotatable bonds is 3. The molecule has 1 unspecified atom stereocenters. The summed E-state index contributed by atoms with van der Waals surface area (Å²) in [6.45, 7) is 3.32. The topological polar surface area (TPSA) is 65.7 Å². The van der Waals surface area contributed by atoms with E-state index in [1.165, 1.54) is 0 Å². The maximum Gasteiger partial charge on any atom is 0.258 e. The van der Waals surface area contributed by atoms with Gasteiger partial charge in [0.15, 0.2) is 5.54 Å². The summed E-state index contributed by atoms with van der Waals surface area (Å²) >= 11 is 3.46. The molecule has 0 aromatic heterocycles. The molecule has 136 valence electrons. The average molecular weight is 424 g/mol. The summed E-state index contributed by atoms with van der Waals surface area (Å²) in [6.07, 6.45) is 0.651. The number of halogens is 1. The zero-order valence-corrected chi connectivity index (χ0v) is 16.5. The number of ether oxygens (including phenoxy) is 1. The van der Waals surface area contributed by atoms with Crippen LogP contribution in [0.4, 0.5) is 0 Å². The fourth-order valence-corrected chi connectivity index (χ4v) is 4.00. The quantitative estimate of drug-likeness (QED) is 0.751. The van der Waals surface area contributed by atoms with Crippen molar-refractivity contribution in [2.24, 2.45) is 4.99 Å². The molecule has 6 heteroatoms. The molecule has 2 aromatic carbocycles. The maximum absolute atomic E-state index is 12.8. The van der Waals surface area contributed by atoms with Crippen molar-refractivity contribution in [2.75, 3.05) is 13.2 Å². The normalized spacial score (nSPS) is 21.6. The summed E-state index contributed by atoms with van der Waals surface area (Å²) < 4.78 is 6.34. The van der Waals surface area contributed by atoms with Gasteiger partial charge >= 0.3 is 0 Å². The van der Waals surface area contributed by atoms with Gasteiger partial charge in [0.25, 0.3) is 5.91 Å². The molecule has 0 bridgehead atoms. The van der Waals surface area contributed by atoms with Crippen LogP contribution in [0.25, 0.3) is 11.1 Å². The van der Waals surface area contributed by atoms with E-state index in [2.05, 4.69) is 27.0 Å². The van der Waals surface area contributed by atoms with Crippen LogP contribution in [-0.4, -0.2) is 35.4 Å². The molecule has 0 aliphatic carbocycles. The summed E-state index contributed by atoms with van der Waals surface area (Å²) in [6, 6.07) is 15.8. The van der Waals surface area contributed by atoms with E-state index < -0.39 is 5.54 Å². The number of hydrogen-bond acceptors (Lipinski definition) is 4. The number of amides is 1. The van der Waals surface area contributed by atoms with Crippen molar-refractivity contribution in [1.29, 1.82) is 5.26 Å². The minimum atomic E-state index is -0.706. The predicted molar refractivity (Wildman–Crippen MR) is 106 cm³/mol. The Morgan fingerprint density at radius 3 is 2.74 bits per heavy atom. The smallest absolute Gasteiger partial charge is 0.258 e. The highest BCUT2D eigenvalue weighted by atomic mass is 79.9. The van der Waals surface area contributed by atoms with E-state index in [0.717, 1.165) is 27.0 Å². The average Bonchev–Trinajstić information content (AvgIpc) is 3.23. The van der Waals surface area contributed by atoms with E-state index in [1.807, 2.05) is 43.3 Å². The summed E-state index contributed by atoms with van der Waals surface area (Å²) in [5.74, 6) is 0.772. The van der Waals surface area contributed by atoms with Crippen molar-refractivity contribution in [3.8, 4) is 17.2 Å². The van der Waals surface area contributed by atoms with Gasteiger partial charge in [0.05, 0.1) is 24.8 Å². The van der Waals surface area contributed by atoms with Crippen LogP contribution in [0.2, 0.25) is 0 Å². The molecule has 27 heavy (non-hydrogen) atoms. The summed E-state index contributed by atoms with van der Waals surface area (Å²) in [5.41, 5.74) is 2.80. The number of benzene rings is 2. The molecule has 0 radical (unpaired) electrons. The van der Waals surface area contributed by atoms with E-state index in [-0.39, 0.29) is 5.91 Å². The number of nitrogens with zero attached hydrogens (tertiary/aromatic N) is 3. The number of carbonyl (C=O) groups excluding carboxylic acids is 1. The van der Waals surface area contributed by atoms with Crippen LogP contribution < -0.4 is 0 Å². The van der Waals surface area contributed by atoms with E-state index in [1.54, 1.807) is 11.0 Å². The third-order valence-electron chi connectivity index (χ3n) is 5.12. The van der Waals surface area contributed by atoms with Gasteiger partial charge in [-0.15, -0.1) is 0 Å². The third kappa shape index (κ3) is 3.18. The minimum Gasteiger partial charge on any atom is -0.378 e. The Morgan fingerprint density at radius 1 is 1.30 bits per heavy atom. The van der Waals surface area contributed by atoms with Gasteiger partial charge in [-0.25, -0.2) is 0 Å². The minimum absolute atomic E-state index is 0.0281. The first-order chi connectivity index (χ1) is 13.0. The molecule has 2 heterocycles. The van der Waals surface area contributed by atoms with Gasteiger partial charge in [0.1, 0.15) is 5.84 Å². The molecule has 1 amide bonds. The second kappa shape index (κ2) is 6.91. The van der Waals surface area contributed by atoms with Gasteiger partial charge in [0, 0.05) is 23.1 Å². The molecule has 2 aliphatic rings. The molecule has 1 spiro atoms. The highest BCUT2D eigenvalue weighted by Gasteiger charge is 2.49. The van der Waals surface area contributed by atoms with Crippen LogP contribution in [0, 0.1) is 11.3 Å². The Hall–Kier alpha value is -2.49. The van der Waals surface area contributed by atoms with Gasteiger partial charge in [-0.3, -0.25) is 14.7 Å². The number of amidine groups is 1. The number of hydrogen-bond donors (Lipinski definition) is 0. The van der Waals surface area contributed by atoms with E-state index in [0.29, 0.717) is 31.7 Å². The molecule has 1 fully saturated rings. The van der Waals surface area contributed by atoms with Crippen LogP contribution >= 0.6 is 15.9 Å². The van der Waals surface area contributed by atoms with Crippen LogP contribution in [-0.2, 0) is 16.1 Å². The zero-order valence-electron chi connectivity index (χ0n) is 14.9. The van der Waals surface area contributed by atoms with Crippen LogP contribution in [0.1, 0.15) is 24.5 Å². The number of nitriles is 1. The molecule has 1 atom stereocenters. The largest absolute Gasteiger partial charge is 0.378 e. The van der Waals surface area contributed by atoms with E-state index >= 15 is 0 Å². The van der Waals surface area contributed by atoms with Crippen molar-refractivity contribution in [2.45, 2.75) is 25.4 Å². The lowest BCUT2D eigenvalue weighted by Crippen LogP contribution is -2.42. The van der Waals surface area contributed by atoms with Crippen LogP contribution in [0.5, 0.6) is 0 Å². The Morgan fingerprint density at radius 2 is 2.07 bits per heavy atom. The zero-order chi connectivity index (χ0) is 19.0. The van der Waals surface area contributed by atoms with Crippen molar-refractivity contribution >= 4 is 27.7 Å². The molecular weight excluding hydrogens is 406 g/mol. The Bertz CT molecular complexity index is 970. The first-order valence-corrected chi connectivity index (χ1v) is 9.57. The highest BCUT2D eigenvalue weighted by molar-refractivity contribution is 9.10. The fourth-order valence-electron chi connectivity index (χ4n) is 3.64. The van der Waals surface area contributed by atoms with E-state index in [9.17, 15) is 10.1 Å². The van der Waals surface area contributed by atoms with Gasteiger partial charge < -0.3 is 4.74 Å². The lowest BCUT2D eigenvalue weighted by atomic mass is 9.98. The van der Waals surface area contributed by atoms with Crippen LogP contribution in [0.3, 0.4) is 0 Å². The van der Waals surface area contributed by atoms with E-state index in [4.69, 9.17) is 4.74 Å². The van der Waals surface area contributed by atoms with Gasteiger partial charge in [-0.05, 0) is 36.2 Å². The lowest BCUT2D eigenvalue weighted by molar-refractivity contribution is -0.131. The summed E-state index contributed by atoms with van der Waals surface area (Å²) in [5, 5.41) is 9.34. The second-order valence-electron chi connectivity index (χ2n) is 6.88. The van der Waals surface area contributed by atoms with Gasteiger partial charge in [0.2, 0.25) is 0 Å². The number of carbonyl (C=O) groups is 1. The Kier molecular flexibility index (Phi) is 4.58. The molecule has 5 nitrogen and oxygen atoms in total. The number of aliphatic imine (C=N–C) groups is 1. The molecule has 1 saturated heterocycles. The molecule has 0 N–H and O–H groups in total. The van der Waals surface area contributed by atoms with Crippen molar-refractivity contribution < 1.29 is 9.53 Å². The standard InChI is InChI=1S/C21H18BrN3O2/c1-14-24-21(8-9-27-13-21)20(26)25(14)12-15-2-4-16(5-3-15)19-10-18(22)7-6-17(19)11-23/h2-7,10H,8-9,12-13H2,1H3. The fraction of sp³-hybridized carbons (Fsp3) is 0.286.